The quantitative estimate of drug-likeness (QED) is 0.796. The number of phenols is 1. The zero-order chi connectivity index (χ0) is 12.6. The van der Waals surface area contributed by atoms with E-state index in [-0.39, 0.29) is 17.1 Å². The van der Waals surface area contributed by atoms with Gasteiger partial charge in [-0.25, -0.2) is 0 Å². The molecule has 17 heavy (non-hydrogen) atoms. The molecule has 1 N–H and O–H groups in total. The van der Waals surface area contributed by atoms with Crippen LogP contribution in [0, 0.1) is 8.99 Å². The normalized spacial score (nSPS) is 18.4. The van der Waals surface area contributed by atoms with Crippen LogP contribution in [0.4, 0.5) is 0 Å². The molecule has 0 spiro atoms. The Kier molecular flexibility index (Phi) is 3.34. The van der Waals surface area contributed by atoms with Gasteiger partial charge in [-0.05, 0) is 52.6 Å². The number of nitrogens with zero attached hydrogens (tertiary/aromatic N) is 1. The number of hydrogen-bond acceptors (Lipinski definition) is 2. The highest BCUT2D eigenvalue weighted by molar-refractivity contribution is 14.1. The summed E-state index contributed by atoms with van der Waals surface area (Å²) >= 11 is 2.04. The maximum Gasteiger partial charge on any atom is 0.254 e. The Morgan fingerprint density at radius 3 is 2.71 bits per heavy atom. The number of likely N-dealkylation sites (tertiary alicyclic amines) is 1. The van der Waals surface area contributed by atoms with Crippen LogP contribution in [0.25, 0.3) is 0 Å². The van der Waals surface area contributed by atoms with E-state index in [4.69, 9.17) is 0 Å². The van der Waals surface area contributed by atoms with Gasteiger partial charge in [0.25, 0.3) is 5.91 Å². The minimum absolute atomic E-state index is 0.0160. The van der Waals surface area contributed by atoms with Crippen molar-refractivity contribution in [2.45, 2.75) is 20.3 Å². The fourth-order valence-electron chi connectivity index (χ4n) is 2.11. The Morgan fingerprint density at radius 2 is 2.18 bits per heavy atom. The number of aromatic hydroxyl groups is 1. The van der Waals surface area contributed by atoms with E-state index in [0.717, 1.165) is 23.1 Å². The van der Waals surface area contributed by atoms with Crippen LogP contribution in [0.3, 0.4) is 0 Å². The second-order valence-corrected chi connectivity index (χ2v) is 6.47. The third kappa shape index (κ3) is 2.73. The Hall–Kier alpha value is -0.780. The molecule has 92 valence electrons. The number of rotatable bonds is 1. The first-order valence-corrected chi connectivity index (χ1v) is 6.75. The maximum absolute atomic E-state index is 12.2. The summed E-state index contributed by atoms with van der Waals surface area (Å²) < 4.78 is 0.765. The molecule has 0 radical (unpaired) electrons. The molecule has 1 heterocycles. The first-order chi connectivity index (χ1) is 7.89. The summed E-state index contributed by atoms with van der Waals surface area (Å²) in [6.07, 6.45) is 1.04. The van der Waals surface area contributed by atoms with E-state index < -0.39 is 0 Å². The zero-order valence-corrected chi connectivity index (χ0v) is 12.2. The largest absolute Gasteiger partial charge is 0.507 e. The number of phenolic OH excluding ortho intramolecular Hbond substituents is 1. The predicted molar refractivity (Wildman–Crippen MR) is 75.1 cm³/mol. The Bertz CT molecular complexity index is 457. The summed E-state index contributed by atoms with van der Waals surface area (Å²) in [7, 11) is 0. The predicted octanol–water partition coefficient (Wildman–Crippen LogP) is 2.87. The number of carbonyl (C=O) groups is 1. The number of carbonyl (C=O) groups excluding carboxylic acids is 1. The van der Waals surface area contributed by atoms with Crippen LogP contribution in [-0.2, 0) is 0 Å². The van der Waals surface area contributed by atoms with Gasteiger partial charge < -0.3 is 10.0 Å². The number of amides is 1. The van der Waals surface area contributed by atoms with Crippen LogP contribution in [0.5, 0.6) is 5.75 Å². The molecule has 0 saturated carbocycles. The average molecular weight is 345 g/mol. The zero-order valence-electron chi connectivity index (χ0n) is 10.0. The molecule has 0 bridgehead atoms. The van der Waals surface area contributed by atoms with E-state index >= 15 is 0 Å². The van der Waals surface area contributed by atoms with Gasteiger partial charge in [-0.15, -0.1) is 0 Å². The van der Waals surface area contributed by atoms with Crippen molar-refractivity contribution in [3.05, 3.63) is 27.3 Å². The van der Waals surface area contributed by atoms with Crippen LogP contribution in [0.2, 0.25) is 0 Å². The maximum atomic E-state index is 12.2. The second-order valence-electron chi connectivity index (χ2n) is 5.31. The SMILES string of the molecule is CC1(C)CCN(C(=O)c2ccc(I)c(O)c2)C1. The standard InChI is InChI=1S/C13H16INO2/c1-13(2)5-6-15(8-13)12(17)9-3-4-10(14)11(16)7-9/h3-4,7,16H,5-6,8H2,1-2H3. The van der Waals surface area contributed by atoms with Crippen LogP contribution in [0.15, 0.2) is 18.2 Å². The highest BCUT2D eigenvalue weighted by Gasteiger charge is 2.32. The van der Waals surface area contributed by atoms with Gasteiger partial charge in [0.15, 0.2) is 0 Å². The number of benzene rings is 1. The van der Waals surface area contributed by atoms with Crippen LogP contribution < -0.4 is 0 Å². The topological polar surface area (TPSA) is 40.5 Å². The van der Waals surface area contributed by atoms with E-state index in [2.05, 4.69) is 13.8 Å². The minimum Gasteiger partial charge on any atom is -0.507 e. The molecule has 1 aliphatic heterocycles. The van der Waals surface area contributed by atoms with Gasteiger partial charge in [-0.3, -0.25) is 4.79 Å². The van der Waals surface area contributed by atoms with Gasteiger partial charge in [-0.2, -0.15) is 0 Å². The van der Waals surface area contributed by atoms with E-state index in [1.807, 2.05) is 27.5 Å². The second kappa shape index (κ2) is 4.48. The Morgan fingerprint density at radius 1 is 1.47 bits per heavy atom. The molecule has 4 heteroatoms. The van der Waals surface area contributed by atoms with Gasteiger partial charge in [0.2, 0.25) is 0 Å². The first-order valence-electron chi connectivity index (χ1n) is 5.67. The van der Waals surface area contributed by atoms with Crippen molar-refractivity contribution in [2.24, 2.45) is 5.41 Å². The molecule has 0 atom stereocenters. The average Bonchev–Trinajstić information content (AvgIpc) is 2.62. The van der Waals surface area contributed by atoms with Crippen molar-refractivity contribution in [3.8, 4) is 5.75 Å². The summed E-state index contributed by atoms with van der Waals surface area (Å²) in [6.45, 7) is 5.94. The molecule has 3 nitrogen and oxygen atoms in total. The highest BCUT2D eigenvalue weighted by Crippen LogP contribution is 2.30. The van der Waals surface area contributed by atoms with Gasteiger partial charge in [0.1, 0.15) is 5.75 Å². The van der Waals surface area contributed by atoms with Crippen molar-refractivity contribution in [1.82, 2.24) is 4.90 Å². The highest BCUT2D eigenvalue weighted by atomic mass is 127. The summed E-state index contributed by atoms with van der Waals surface area (Å²) in [5, 5.41) is 9.62. The Balaban J connectivity index is 2.18. The van der Waals surface area contributed by atoms with Crippen LogP contribution in [0.1, 0.15) is 30.6 Å². The molecular weight excluding hydrogens is 329 g/mol. The van der Waals surface area contributed by atoms with Crippen molar-refractivity contribution < 1.29 is 9.90 Å². The van der Waals surface area contributed by atoms with Crippen LogP contribution in [-0.4, -0.2) is 29.0 Å². The number of hydrogen-bond donors (Lipinski definition) is 1. The van der Waals surface area contributed by atoms with Crippen molar-refractivity contribution >= 4 is 28.5 Å². The smallest absolute Gasteiger partial charge is 0.254 e. The van der Waals surface area contributed by atoms with Gasteiger partial charge in [0.05, 0.1) is 3.57 Å². The molecular formula is C13H16INO2. The molecule has 0 unspecified atom stereocenters. The Labute approximate surface area is 115 Å². The molecule has 0 aromatic heterocycles. The molecule has 2 rings (SSSR count). The van der Waals surface area contributed by atoms with Crippen molar-refractivity contribution in [2.75, 3.05) is 13.1 Å². The summed E-state index contributed by atoms with van der Waals surface area (Å²) in [5.41, 5.74) is 0.779. The molecule has 0 aliphatic carbocycles. The summed E-state index contributed by atoms with van der Waals surface area (Å²) in [4.78, 5) is 14.1. The fourth-order valence-corrected chi connectivity index (χ4v) is 2.45. The first kappa shape index (κ1) is 12.7. The van der Waals surface area contributed by atoms with E-state index in [1.165, 1.54) is 0 Å². The molecule has 1 aromatic rings. The fraction of sp³-hybridized carbons (Fsp3) is 0.462. The lowest BCUT2D eigenvalue weighted by molar-refractivity contribution is 0.0778. The van der Waals surface area contributed by atoms with Crippen molar-refractivity contribution in [1.29, 1.82) is 0 Å². The minimum atomic E-state index is 0.0160. The van der Waals surface area contributed by atoms with E-state index in [0.29, 0.717) is 5.56 Å². The van der Waals surface area contributed by atoms with Gasteiger partial charge in [0, 0.05) is 18.7 Å². The molecule has 1 saturated heterocycles. The molecule has 1 aromatic carbocycles. The molecule has 1 aliphatic rings. The van der Waals surface area contributed by atoms with Gasteiger partial charge in [-0.1, -0.05) is 13.8 Å². The lowest BCUT2D eigenvalue weighted by Crippen LogP contribution is -2.30. The number of halogens is 1. The molecule has 1 fully saturated rings. The van der Waals surface area contributed by atoms with E-state index in [1.54, 1.807) is 18.2 Å². The summed E-state index contributed by atoms with van der Waals surface area (Å²) in [6, 6.07) is 5.09. The lowest BCUT2D eigenvalue weighted by Gasteiger charge is -2.20. The van der Waals surface area contributed by atoms with Crippen molar-refractivity contribution in [3.63, 3.8) is 0 Å². The molecule has 1 amide bonds. The van der Waals surface area contributed by atoms with Crippen LogP contribution >= 0.6 is 22.6 Å². The third-order valence-electron chi connectivity index (χ3n) is 3.16. The van der Waals surface area contributed by atoms with Gasteiger partial charge >= 0.3 is 0 Å². The lowest BCUT2D eigenvalue weighted by atomic mass is 9.93. The summed E-state index contributed by atoms with van der Waals surface area (Å²) in [5.74, 6) is 0.192. The monoisotopic (exact) mass is 345 g/mol. The van der Waals surface area contributed by atoms with E-state index in [9.17, 15) is 9.90 Å². The third-order valence-corrected chi connectivity index (χ3v) is 4.07.